The number of fused-ring (bicyclic) bond motifs is 1. The molecule has 0 saturated heterocycles. The van der Waals surface area contributed by atoms with Gasteiger partial charge in [0, 0.05) is 18.4 Å². The second-order valence-electron chi connectivity index (χ2n) is 6.03. The van der Waals surface area contributed by atoms with Crippen LogP contribution in [0.1, 0.15) is 32.7 Å². The lowest BCUT2D eigenvalue weighted by molar-refractivity contribution is -0.385. The summed E-state index contributed by atoms with van der Waals surface area (Å²) in [6.07, 6.45) is 2.35. The van der Waals surface area contributed by atoms with Crippen LogP contribution in [-0.2, 0) is 5.75 Å². The summed E-state index contributed by atoms with van der Waals surface area (Å²) < 4.78 is 5.63. The van der Waals surface area contributed by atoms with Crippen molar-refractivity contribution >= 4 is 29.3 Å². The average molecular weight is 386 g/mol. The predicted octanol–water partition coefficient (Wildman–Crippen LogP) is 3.52. The van der Waals surface area contributed by atoms with Gasteiger partial charge in [-0.25, -0.2) is 0 Å². The number of ether oxygens (including phenoxy) is 1. The Balaban J connectivity index is 1.59. The maximum Gasteiger partial charge on any atom is 0.273 e. The molecule has 3 rings (SSSR count). The summed E-state index contributed by atoms with van der Waals surface area (Å²) >= 11 is 1.56. The van der Waals surface area contributed by atoms with Crippen molar-refractivity contribution < 1.29 is 19.2 Å². The minimum absolute atomic E-state index is 0.0168. The number of amides is 2. The molecule has 0 spiro atoms. The van der Waals surface area contributed by atoms with Crippen molar-refractivity contribution in [2.24, 2.45) is 0 Å². The number of carbonyl (C=O) groups excluding carboxylic acids is 2. The minimum atomic E-state index is -0.449. The molecule has 0 aromatic heterocycles. The SMILES string of the molecule is CSCc1cc(OCCCN2C(=O)c3ccccc3C2=O)cc([N+](=O)[O-])c1. The van der Waals surface area contributed by atoms with E-state index in [1.165, 1.54) is 17.0 Å². The Hall–Kier alpha value is -2.87. The van der Waals surface area contributed by atoms with Crippen LogP contribution in [0.4, 0.5) is 5.69 Å². The summed E-state index contributed by atoms with van der Waals surface area (Å²) in [4.78, 5) is 36.4. The Kier molecular flexibility index (Phi) is 5.75. The summed E-state index contributed by atoms with van der Waals surface area (Å²) in [6.45, 7) is 0.478. The molecule has 0 saturated carbocycles. The van der Waals surface area contributed by atoms with Gasteiger partial charge in [-0.15, -0.1) is 0 Å². The quantitative estimate of drug-likeness (QED) is 0.298. The molecule has 2 aromatic rings. The Morgan fingerprint density at radius 3 is 2.37 bits per heavy atom. The number of nitrogens with zero attached hydrogens (tertiary/aromatic N) is 2. The van der Waals surface area contributed by atoms with E-state index in [-0.39, 0.29) is 30.7 Å². The van der Waals surface area contributed by atoms with E-state index in [1.54, 1.807) is 42.1 Å². The van der Waals surface area contributed by atoms with Crippen LogP contribution < -0.4 is 4.74 Å². The highest BCUT2D eigenvalue weighted by Gasteiger charge is 2.34. The van der Waals surface area contributed by atoms with Crippen LogP contribution in [0.5, 0.6) is 5.75 Å². The lowest BCUT2D eigenvalue weighted by Crippen LogP contribution is -2.31. The molecule has 2 aromatic carbocycles. The molecule has 2 amide bonds. The summed E-state index contributed by atoms with van der Waals surface area (Å²) in [5.74, 6) is 0.463. The van der Waals surface area contributed by atoms with E-state index in [4.69, 9.17) is 4.74 Å². The highest BCUT2D eigenvalue weighted by Crippen LogP contribution is 2.26. The first kappa shape index (κ1) is 18.9. The van der Waals surface area contributed by atoms with E-state index in [0.717, 1.165) is 5.56 Å². The number of non-ortho nitro benzene ring substituents is 1. The van der Waals surface area contributed by atoms with Crippen molar-refractivity contribution in [2.75, 3.05) is 19.4 Å². The molecule has 0 bridgehead atoms. The number of thioether (sulfide) groups is 1. The van der Waals surface area contributed by atoms with Gasteiger partial charge in [-0.05, 0) is 36.4 Å². The molecule has 0 unspecified atom stereocenters. The second kappa shape index (κ2) is 8.22. The minimum Gasteiger partial charge on any atom is -0.493 e. The van der Waals surface area contributed by atoms with Gasteiger partial charge in [0.25, 0.3) is 17.5 Å². The van der Waals surface area contributed by atoms with Gasteiger partial charge in [0.2, 0.25) is 0 Å². The van der Waals surface area contributed by atoms with Crippen molar-refractivity contribution in [1.82, 2.24) is 4.90 Å². The first-order chi connectivity index (χ1) is 13.0. The van der Waals surface area contributed by atoms with E-state index < -0.39 is 4.92 Å². The molecule has 1 aliphatic heterocycles. The van der Waals surface area contributed by atoms with Crippen LogP contribution in [0.3, 0.4) is 0 Å². The summed E-state index contributed by atoms with van der Waals surface area (Å²) in [7, 11) is 0. The van der Waals surface area contributed by atoms with Gasteiger partial charge in [-0.2, -0.15) is 11.8 Å². The van der Waals surface area contributed by atoms with Crippen molar-refractivity contribution in [1.29, 1.82) is 0 Å². The highest BCUT2D eigenvalue weighted by atomic mass is 32.2. The van der Waals surface area contributed by atoms with E-state index in [0.29, 0.717) is 29.1 Å². The van der Waals surface area contributed by atoms with Crippen LogP contribution >= 0.6 is 11.8 Å². The molecule has 7 nitrogen and oxygen atoms in total. The monoisotopic (exact) mass is 386 g/mol. The molecule has 27 heavy (non-hydrogen) atoms. The fourth-order valence-corrected chi connectivity index (χ4v) is 3.44. The number of nitro groups is 1. The third-order valence-corrected chi connectivity index (χ3v) is 4.77. The smallest absolute Gasteiger partial charge is 0.273 e. The molecule has 0 atom stereocenters. The molecule has 1 heterocycles. The lowest BCUT2D eigenvalue weighted by atomic mass is 10.1. The Bertz CT molecular complexity index is 864. The van der Waals surface area contributed by atoms with Crippen molar-refractivity contribution in [3.05, 3.63) is 69.3 Å². The van der Waals surface area contributed by atoms with Gasteiger partial charge >= 0.3 is 0 Å². The second-order valence-corrected chi connectivity index (χ2v) is 6.90. The summed E-state index contributed by atoms with van der Waals surface area (Å²) in [5.41, 5.74) is 1.64. The number of hydrogen-bond acceptors (Lipinski definition) is 6. The Morgan fingerprint density at radius 2 is 1.78 bits per heavy atom. The third-order valence-electron chi connectivity index (χ3n) is 4.15. The average Bonchev–Trinajstić information content (AvgIpc) is 2.90. The van der Waals surface area contributed by atoms with Crippen molar-refractivity contribution in [3.8, 4) is 5.75 Å². The first-order valence-corrected chi connectivity index (χ1v) is 9.76. The van der Waals surface area contributed by atoms with Crippen LogP contribution in [0.2, 0.25) is 0 Å². The van der Waals surface area contributed by atoms with E-state index in [2.05, 4.69) is 0 Å². The first-order valence-electron chi connectivity index (χ1n) is 8.36. The van der Waals surface area contributed by atoms with Crippen molar-refractivity contribution in [3.63, 3.8) is 0 Å². The zero-order valence-electron chi connectivity index (χ0n) is 14.7. The van der Waals surface area contributed by atoms with Gasteiger partial charge in [-0.3, -0.25) is 24.6 Å². The maximum absolute atomic E-state index is 12.3. The maximum atomic E-state index is 12.3. The van der Waals surface area contributed by atoms with E-state index in [1.807, 2.05) is 6.26 Å². The Labute approximate surface area is 160 Å². The van der Waals surface area contributed by atoms with Crippen LogP contribution in [0.15, 0.2) is 42.5 Å². The molecule has 0 N–H and O–H groups in total. The highest BCUT2D eigenvalue weighted by molar-refractivity contribution is 7.97. The van der Waals surface area contributed by atoms with Crippen LogP contribution in [0.25, 0.3) is 0 Å². The van der Waals surface area contributed by atoms with Crippen molar-refractivity contribution in [2.45, 2.75) is 12.2 Å². The van der Waals surface area contributed by atoms with E-state index in [9.17, 15) is 19.7 Å². The lowest BCUT2D eigenvalue weighted by Gasteiger charge is -2.14. The summed E-state index contributed by atoms with van der Waals surface area (Å²) in [6, 6.07) is 11.4. The zero-order chi connectivity index (χ0) is 19.4. The molecule has 140 valence electrons. The third kappa shape index (κ3) is 4.11. The summed E-state index contributed by atoms with van der Waals surface area (Å²) in [5, 5.41) is 11.1. The molecule has 8 heteroatoms. The van der Waals surface area contributed by atoms with Gasteiger partial charge in [0.05, 0.1) is 28.7 Å². The molecular formula is C19H18N2O5S. The predicted molar refractivity (Wildman–Crippen MR) is 102 cm³/mol. The number of imide groups is 1. The van der Waals surface area contributed by atoms with Gasteiger partial charge < -0.3 is 4.74 Å². The van der Waals surface area contributed by atoms with Gasteiger partial charge in [-0.1, -0.05) is 12.1 Å². The fraction of sp³-hybridized carbons (Fsp3) is 0.263. The van der Waals surface area contributed by atoms with Crippen LogP contribution in [-0.4, -0.2) is 41.0 Å². The molecule has 1 aliphatic rings. The molecular weight excluding hydrogens is 368 g/mol. The van der Waals surface area contributed by atoms with Crippen LogP contribution in [0, 0.1) is 10.1 Å². The Morgan fingerprint density at radius 1 is 1.11 bits per heavy atom. The fourth-order valence-electron chi connectivity index (χ4n) is 2.94. The molecule has 0 aliphatic carbocycles. The number of carbonyl (C=O) groups is 2. The van der Waals surface area contributed by atoms with E-state index >= 15 is 0 Å². The molecule has 0 fully saturated rings. The number of benzene rings is 2. The van der Waals surface area contributed by atoms with Gasteiger partial charge in [0.15, 0.2) is 0 Å². The standard InChI is InChI=1S/C19H18N2O5S/c1-27-12-13-9-14(21(24)25)11-15(10-13)26-8-4-7-20-18(22)16-5-2-3-6-17(16)19(20)23/h2-3,5-6,9-11H,4,7-8,12H2,1H3. The normalized spacial score (nSPS) is 13.0. The topological polar surface area (TPSA) is 89.8 Å². The van der Waals surface area contributed by atoms with Gasteiger partial charge in [0.1, 0.15) is 5.75 Å². The zero-order valence-corrected chi connectivity index (χ0v) is 15.5. The largest absolute Gasteiger partial charge is 0.493 e. The number of nitro benzene ring substituents is 1. The number of rotatable bonds is 8. The molecule has 0 radical (unpaired) electrons. The number of hydrogen-bond donors (Lipinski definition) is 0.